The van der Waals surface area contributed by atoms with Crippen molar-refractivity contribution < 1.29 is 4.74 Å². The third-order valence-corrected chi connectivity index (χ3v) is 4.95. The SMILES string of the molecule is CCCNC1CCOCC1N(C)CC1CCCN1CC. The van der Waals surface area contributed by atoms with Crippen molar-refractivity contribution in [1.29, 1.82) is 0 Å². The molecule has 0 radical (unpaired) electrons. The van der Waals surface area contributed by atoms with Gasteiger partial charge in [0.25, 0.3) is 0 Å². The predicted molar refractivity (Wildman–Crippen MR) is 84.2 cm³/mol. The molecule has 0 aliphatic carbocycles. The Morgan fingerprint density at radius 1 is 1.30 bits per heavy atom. The lowest BCUT2D eigenvalue weighted by Gasteiger charge is -2.40. The van der Waals surface area contributed by atoms with Crippen LogP contribution >= 0.6 is 0 Å². The summed E-state index contributed by atoms with van der Waals surface area (Å²) in [6.07, 6.45) is 5.08. The molecule has 118 valence electrons. The number of nitrogens with zero attached hydrogens (tertiary/aromatic N) is 2. The molecule has 2 fully saturated rings. The average molecular weight is 283 g/mol. The molecule has 0 aromatic heterocycles. The third kappa shape index (κ3) is 4.17. The van der Waals surface area contributed by atoms with Gasteiger partial charge in [0.1, 0.15) is 0 Å². The lowest BCUT2D eigenvalue weighted by molar-refractivity contribution is -0.000316. The molecular weight excluding hydrogens is 250 g/mol. The highest BCUT2D eigenvalue weighted by Gasteiger charge is 2.31. The van der Waals surface area contributed by atoms with Gasteiger partial charge in [-0.1, -0.05) is 13.8 Å². The van der Waals surface area contributed by atoms with E-state index in [0.717, 1.165) is 32.2 Å². The van der Waals surface area contributed by atoms with E-state index in [4.69, 9.17) is 4.74 Å². The number of likely N-dealkylation sites (N-methyl/N-ethyl adjacent to an activating group) is 2. The lowest BCUT2D eigenvalue weighted by Crippen LogP contribution is -2.56. The Hall–Kier alpha value is -0.160. The van der Waals surface area contributed by atoms with Crippen LogP contribution in [0.25, 0.3) is 0 Å². The van der Waals surface area contributed by atoms with Crippen LogP contribution in [0.4, 0.5) is 0 Å². The smallest absolute Gasteiger partial charge is 0.0636 e. The first-order valence-electron chi connectivity index (χ1n) is 8.51. The molecule has 0 amide bonds. The van der Waals surface area contributed by atoms with Crippen LogP contribution in [0, 0.1) is 0 Å². The fourth-order valence-electron chi connectivity index (χ4n) is 3.71. The van der Waals surface area contributed by atoms with E-state index < -0.39 is 0 Å². The van der Waals surface area contributed by atoms with Gasteiger partial charge in [-0.2, -0.15) is 0 Å². The standard InChI is InChI=1S/C16H33N3O/c1-4-9-17-15-8-11-20-13-16(15)18(3)12-14-7-6-10-19(14)5-2/h14-17H,4-13H2,1-3H3. The molecular formula is C16H33N3O. The molecule has 1 N–H and O–H groups in total. The van der Waals surface area contributed by atoms with E-state index in [-0.39, 0.29) is 0 Å². The van der Waals surface area contributed by atoms with Crippen LogP contribution in [-0.4, -0.2) is 74.4 Å². The van der Waals surface area contributed by atoms with Gasteiger partial charge >= 0.3 is 0 Å². The number of likely N-dealkylation sites (tertiary alicyclic amines) is 1. The minimum Gasteiger partial charge on any atom is -0.380 e. The average Bonchev–Trinajstić information content (AvgIpc) is 2.92. The van der Waals surface area contributed by atoms with Crippen molar-refractivity contribution in [2.24, 2.45) is 0 Å². The second-order valence-electron chi connectivity index (χ2n) is 6.36. The molecule has 0 spiro atoms. The Kier molecular flexibility index (Phi) is 6.75. The van der Waals surface area contributed by atoms with Crippen LogP contribution in [0.2, 0.25) is 0 Å². The zero-order chi connectivity index (χ0) is 14.4. The Balaban J connectivity index is 1.86. The van der Waals surface area contributed by atoms with Crippen molar-refractivity contribution >= 4 is 0 Å². The molecule has 0 bridgehead atoms. The maximum absolute atomic E-state index is 5.74. The number of hydrogen-bond acceptors (Lipinski definition) is 4. The van der Waals surface area contributed by atoms with Gasteiger partial charge in [-0.25, -0.2) is 0 Å². The summed E-state index contributed by atoms with van der Waals surface area (Å²) >= 11 is 0. The van der Waals surface area contributed by atoms with Gasteiger partial charge in [-0.05, 0) is 52.4 Å². The largest absolute Gasteiger partial charge is 0.380 e. The second kappa shape index (κ2) is 8.32. The van der Waals surface area contributed by atoms with E-state index in [1.807, 2.05) is 0 Å². The molecule has 2 heterocycles. The van der Waals surface area contributed by atoms with Gasteiger partial charge in [-0.3, -0.25) is 9.80 Å². The van der Waals surface area contributed by atoms with Crippen molar-refractivity contribution in [3.8, 4) is 0 Å². The van der Waals surface area contributed by atoms with Crippen molar-refractivity contribution in [3.05, 3.63) is 0 Å². The van der Waals surface area contributed by atoms with Gasteiger partial charge in [0.15, 0.2) is 0 Å². The van der Waals surface area contributed by atoms with E-state index in [9.17, 15) is 0 Å². The first-order valence-corrected chi connectivity index (χ1v) is 8.51. The maximum Gasteiger partial charge on any atom is 0.0636 e. The van der Waals surface area contributed by atoms with Crippen LogP contribution in [0.1, 0.15) is 39.5 Å². The summed E-state index contributed by atoms with van der Waals surface area (Å²) in [5.74, 6) is 0. The Morgan fingerprint density at radius 3 is 2.90 bits per heavy atom. The minimum absolute atomic E-state index is 0.537. The lowest BCUT2D eigenvalue weighted by atomic mass is 10.0. The van der Waals surface area contributed by atoms with Crippen LogP contribution < -0.4 is 5.32 Å². The van der Waals surface area contributed by atoms with Gasteiger partial charge in [0.2, 0.25) is 0 Å². The van der Waals surface area contributed by atoms with Crippen LogP contribution in [0.3, 0.4) is 0 Å². The molecule has 2 rings (SSSR count). The number of ether oxygens (including phenoxy) is 1. The van der Waals surface area contributed by atoms with Crippen molar-refractivity contribution in [1.82, 2.24) is 15.1 Å². The molecule has 0 aromatic carbocycles. The molecule has 0 saturated carbocycles. The summed E-state index contributed by atoms with van der Waals surface area (Å²) in [5, 5.41) is 3.72. The Labute approximate surface area is 124 Å². The third-order valence-electron chi connectivity index (χ3n) is 4.95. The van der Waals surface area contributed by atoms with E-state index in [0.29, 0.717) is 12.1 Å². The first-order chi connectivity index (χ1) is 9.76. The summed E-state index contributed by atoms with van der Waals surface area (Å²) in [6.45, 7) is 11.1. The number of nitrogens with one attached hydrogen (secondary N) is 1. The van der Waals surface area contributed by atoms with Crippen LogP contribution in [-0.2, 0) is 4.74 Å². The normalized spacial score (nSPS) is 32.1. The number of hydrogen-bond donors (Lipinski definition) is 1. The van der Waals surface area contributed by atoms with Gasteiger partial charge in [0, 0.05) is 31.3 Å². The fourth-order valence-corrected chi connectivity index (χ4v) is 3.71. The Morgan fingerprint density at radius 2 is 2.15 bits per heavy atom. The summed E-state index contributed by atoms with van der Waals surface area (Å²) < 4.78 is 5.74. The Bertz CT molecular complexity index is 274. The predicted octanol–water partition coefficient (Wildman–Crippen LogP) is 1.56. The number of rotatable bonds is 7. The van der Waals surface area contributed by atoms with E-state index >= 15 is 0 Å². The molecule has 2 saturated heterocycles. The monoisotopic (exact) mass is 283 g/mol. The van der Waals surface area contributed by atoms with Crippen LogP contribution in [0.15, 0.2) is 0 Å². The van der Waals surface area contributed by atoms with Crippen molar-refractivity contribution in [2.45, 2.75) is 57.7 Å². The maximum atomic E-state index is 5.74. The highest BCUT2D eigenvalue weighted by Crippen LogP contribution is 2.20. The summed E-state index contributed by atoms with van der Waals surface area (Å²) in [6, 6.07) is 1.89. The first kappa shape index (κ1) is 16.2. The minimum atomic E-state index is 0.537. The molecule has 2 aliphatic heterocycles. The van der Waals surface area contributed by atoms with Crippen LogP contribution in [0.5, 0.6) is 0 Å². The zero-order valence-electron chi connectivity index (χ0n) is 13.6. The van der Waals surface area contributed by atoms with Crippen molar-refractivity contribution in [2.75, 3.05) is 46.4 Å². The molecule has 3 atom stereocenters. The molecule has 2 aliphatic rings. The van der Waals surface area contributed by atoms with Gasteiger partial charge in [-0.15, -0.1) is 0 Å². The summed E-state index contributed by atoms with van der Waals surface area (Å²) in [4.78, 5) is 5.18. The van der Waals surface area contributed by atoms with E-state index in [2.05, 4.69) is 36.0 Å². The highest BCUT2D eigenvalue weighted by atomic mass is 16.5. The molecule has 3 unspecified atom stereocenters. The quantitative estimate of drug-likeness (QED) is 0.767. The topological polar surface area (TPSA) is 27.7 Å². The van der Waals surface area contributed by atoms with E-state index in [1.54, 1.807) is 0 Å². The second-order valence-corrected chi connectivity index (χ2v) is 6.36. The van der Waals surface area contributed by atoms with Gasteiger partial charge in [0.05, 0.1) is 6.61 Å². The van der Waals surface area contributed by atoms with E-state index in [1.165, 1.54) is 38.9 Å². The summed E-state index contributed by atoms with van der Waals surface area (Å²) in [5.41, 5.74) is 0. The fraction of sp³-hybridized carbons (Fsp3) is 1.00. The molecule has 0 aromatic rings. The highest BCUT2D eigenvalue weighted by molar-refractivity contribution is 4.89. The zero-order valence-corrected chi connectivity index (χ0v) is 13.6. The molecule has 4 nitrogen and oxygen atoms in total. The van der Waals surface area contributed by atoms with Gasteiger partial charge < -0.3 is 10.1 Å². The summed E-state index contributed by atoms with van der Waals surface area (Å²) in [7, 11) is 2.28. The molecule has 4 heteroatoms. The van der Waals surface area contributed by atoms with Crippen molar-refractivity contribution in [3.63, 3.8) is 0 Å². The molecule has 20 heavy (non-hydrogen) atoms.